The monoisotopic (exact) mass is 511 g/mol. The van der Waals surface area contributed by atoms with Crippen LogP contribution in [-0.2, 0) is 4.79 Å². The summed E-state index contributed by atoms with van der Waals surface area (Å²) in [6.07, 6.45) is 6.10. The van der Waals surface area contributed by atoms with E-state index in [1.165, 1.54) is 6.20 Å². The topological polar surface area (TPSA) is 164 Å². The number of rotatable bonds is 7. The normalized spacial score (nSPS) is 18.2. The fourth-order valence-electron chi connectivity index (χ4n) is 5.07. The predicted octanol–water partition coefficient (Wildman–Crippen LogP) is 3.30. The molecule has 38 heavy (non-hydrogen) atoms. The molecule has 5 rings (SSSR count). The number of fused-ring (bicyclic) bond motifs is 1. The highest BCUT2D eigenvalue weighted by Gasteiger charge is 2.22. The molecule has 9 heteroatoms. The van der Waals surface area contributed by atoms with Crippen LogP contribution in [-0.4, -0.2) is 44.1 Å². The Morgan fingerprint density at radius 2 is 1.74 bits per heavy atom. The second kappa shape index (κ2) is 10.6. The van der Waals surface area contributed by atoms with Gasteiger partial charge in [0.2, 0.25) is 0 Å². The van der Waals surface area contributed by atoms with Gasteiger partial charge in [0.05, 0.1) is 17.4 Å². The summed E-state index contributed by atoms with van der Waals surface area (Å²) >= 11 is 0. The SMILES string of the molecule is NC(=O)c1ccc(-c2nccc3c(-c4cncc(C(O)C(N)=O)c4)cccc23)cc1NC1CCC(O)CC1. The lowest BCUT2D eigenvalue weighted by Gasteiger charge is -2.28. The zero-order chi connectivity index (χ0) is 26.8. The first-order valence-electron chi connectivity index (χ1n) is 12.5. The van der Waals surface area contributed by atoms with Gasteiger partial charge in [0.25, 0.3) is 11.8 Å². The van der Waals surface area contributed by atoms with Gasteiger partial charge in [-0.3, -0.25) is 19.6 Å². The zero-order valence-electron chi connectivity index (χ0n) is 20.7. The van der Waals surface area contributed by atoms with Crippen LogP contribution in [0.2, 0.25) is 0 Å². The fraction of sp³-hybridized carbons (Fsp3) is 0.241. The molecule has 0 aliphatic heterocycles. The number of anilines is 1. The maximum atomic E-state index is 12.2. The third-order valence-electron chi connectivity index (χ3n) is 7.08. The van der Waals surface area contributed by atoms with Gasteiger partial charge >= 0.3 is 0 Å². The van der Waals surface area contributed by atoms with Crippen molar-refractivity contribution < 1.29 is 19.8 Å². The van der Waals surface area contributed by atoms with Crippen molar-refractivity contribution in [2.45, 2.75) is 43.9 Å². The molecule has 2 heterocycles. The summed E-state index contributed by atoms with van der Waals surface area (Å²) in [7, 11) is 0. The van der Waals surface area contributed by atoms with E-state index in [4.69, 9.17) is 11.5 Å². The maximum Gasteiger partial charge on any atom is 0.250 e. The number of nitrogens with one attached hydrogen (secondary N) is 1. The number of pyridine rings is 2. The van der Waals surface area contributed by atoms with Gasteiger partial charge in [-0.15, -0.1) is 0 Å². The molecule has 1 aliphatic rings. The van der Waals surface area contributed by atoms with E-state index in [-0.39, 0.29) is 12.1 Å². The van der Waals surface area contributed by atoms with Crippen molar-refractivity contribution in [3.63, 3.8) is 0 Å². The molecule has 2 amide bonds. The van der Waals surface area contributed by atoms with Gasteiger partial charge in [0, 0.05) is 52.4 Å². The Hall–Kier alpha value is -4.34. The fourth-order valence-corrected chi connectivity index (χ4v) is 5.07. The summed E-state index contributed by atoms with van der Waals surface area (Å²) in [5, 5.41) is 25.2. The Bertz CT molecular complexity index is 1510. The van der Waals surface area contributed by atoms with Gasteiger partial charge in [-0.25, -0.2) is 0 Å². The predicted molar refractivity (Wildman–Crippen MR) is 145 cm³/mol. The number of hydrogen-bond acceptors (Lipinski definition) is 7. The summed E-state index contributed by atoms with van der Waals surface area (Å²) < 4.78 is 0. The largest absolute Gasteiger partial charge is 0.393 e. The molecule has 0 spiro atoms. The molecule has 1 fully saturated rings. The third kappa shape index (κ3) is 5.06. The smallest absolute Gasteiger partial charge is 0.250 e. The molecular formula is C29H29N5O4. The standard InChI is InChI=1S/C29H29N5O4/c30-28(37)24-9-4-16(13-25(24)34-19-5-7-20(35)8-6-19)26-23-3-1-2-21(22(23)10-11-33-26)17-12-18(15-32-14-17)27(36)29(31)38/h1-4,9-15,19-20,27,34-36H,5-8H2,(H2,30,37)(H2,31,38). The number of carbonyl (C=O) groups is 2. The molecule has 0 bridgehead atoms. The number of hydrogen-bond donors (Lipinski definition) is 5. The highest BCUT2D eigenvalue weighted by molar-refractivity contribution is 6.04. The molecule has 0 saturated heterocycles. The van der Waals surface area contributed by atoms with Crippen LogP contribution < -0.4 is 16.8 Å². The maximum absolute atomic E-state index is 12.2. The van der Waals surface area contributed by atoms with Crippen LogP contribution in [0, 0.1) is 0 Å². The van der Waals surface area contributed by atoms with Gasteiger partial charge in [-0.05, 0) is 60.9 Å². The number of aromatic nitrogens is 2. The van der Waals surface area contributed by atoms with Crippen LogP contribution in [0.5, 0.6) is 0 Å². The summed E-state index contributed by atoms with van der Waals surface area (Å²) in [5.74, 6) is -1.37. The molecule has 1 aliphatic carbocycles. The minimum Gasteiger partial charge on any atom is -0.393 e. The van der Waals surface area contributed by atoms with E-state index < -0.39 is 17.9 Å². The molecule has 1 atom stereocenters. The van der Waals surface area contributed by atoms with E-state index in [2.05, 4.69) is 15.3 Å². The van der Waals surface area contributed by atoms with Crippen molar-refractivity contribution in [1.82, 2.24) is 9.97 Å². The number of nitrogens with two attached hydrogens (primary N) is 2. The lowest BCUT2D eigenvalue weighted by Crippen LogP contribution is -2.29. The van der Waals surface area contributed by atoms with E-state index in [0.29, 0.717) is 29.7 Å². The molecule has 2 aromatic carbocycles. The van der Waals surface area contributed by atoms with Crippen LogP contribution in [0.15, 0.2) is 67.1 Å². The molecule has 2 aromatic heterocycles. The van der Waals surface area contributed by atoms with Crippen LogP contribution in [0.25, 0.3) is 33.2 Å². The van der Waals surface area contributed by atoms with Crippen LogP contribution >= 0.6 is 0 Å². The molecule has 194 valence electrons. The van der Waals surface area contributed by atoms with Crippen molar-refractivity contribution in [3.8, 4) is 22.4 Å². The molecular weight excluding hydrogens is 482 g/mol. The minimum atomic E-state index is -1.45. The van der Waals surface area contributed by atoms with Crippen molar-refractivity contribution in [2.24, 2.45) is 11.5 Å². The van der Waals surface area contributed by atoms with Crippen molar-refractivity contribution in [2.75, 3.05) is 5.32 Å². The van der Waals surface area contributed by atoms with Crippen molar-refractivity contribution in [3.05, 3.63) is 78.2 Å². The number of nitrogens with zero attached hydrogens (tertiary/aromatic N) is 2. The summed E-state index contributed by atoms with van der Waals surface area (Å²) in [6, 6.07) is 15.0. The van der Waals surface area contributed by atoms with Gasteiger partial charge < -0.3 is 27.0 Å². The molecule has 4 aromatic rings. The first-order chi connectivity index (χ1) is 18.3. The minimum absolute atomic E-state index is 0.134. The summed E-state index contributed by atoms with van der Waals surface area (Å²) in [6.45, 7) is 0. The van der Waals surface area contributed by atoms with Gasteiger partial charge in [-0.2, -0.15) is 0 Å². The average molecular weight is 512 g/mol. The first kappa shape index (κ1) is 25.3. The highest BCUT2D eigenvalue weighted by atomic mass is 16.3. The Morgan fingerprint density at radius 3 is 2.47 bits per heavy atom. The second-order valence-corrected chi connectivity index (χ2v) is 9.65. The van der Waals surface area contributed by atoms with Crippen molar-refractivity contribution >= 4 is 28.3 Å². The Balaban J connectivity index is 1.57. The Labute approximate surface area is 219 Å². The lowest BCUT2D eigenvalue weighted by atomic mass is 9.92. The summed E-state index contributed by atoms with van der Waals surface area (Å²) in [4.78, 5) is 32.5. The number of aliphatic hydroxyl groups is 2. The Kier molecular flexibility index (Phi) is 7.04. The van der Waals surface area contributed by atoms with Gasteiger partial charge in [0.15, 0.2) is 6.10 Å². The Morgan fingerprint density at radius 1 is 0.947 bits per heavy atom. The zero-order valence-corrected chi connectivity index (χ0v) is 20.7. The molecule has 1 saturated carbocycles. The van der Waals surface area contributed by atoms with E-state index in [9.17, 15) is 19.8 Å². The summed E-state index contributed by atoms with van der Waals surface area (Å²) in [5.41, 5.74) is 15.4. The number of amides is 2. The second-order valence-electron chi connectivity index (χ2n) is 9.65. The quantitative estimate of drug-likeness (QED) is 0.254. The molecule has 7 N–H and O–H groups in total. The molecule has 9 nitrogen and oxygen atoms in total. The van der Waals surface area contributed by atoms with Crippen molar-refractivity contribution in [1.29, 1.82) is 0 Å². The van der Waals surface area contributed by atoms with E-state index >= 15 is 0 Å². The van der Waals surface area contributed by atoms with E-state index in [0.717, 1.165) is 46.0 Å². The number of primary amides is 2. The van der Waals surface area contributed by atoms with Crippen LogP contribution in [0.3, 0.4) is 0 Å². The third-order valence-corrected chi connectivity index (χ3v) is 7.08. The van der Waals surface area contributed by atoms with E-state index in [1.54, 1.807) is 24.5 Å². The van der Waals surface area contributed by atoms with Crippen LogP contribution in [0.4, 0.5) is 5.69 Å². The number of aliphatic hydroxyl groups excluding tert-OH is 2. The van der Waals surface area contributed by atoms with Crippen LogP contribution in [0.1, 0.15) is 47.7 Å². The highest BCUT2D eigenvalue weighted by Crippen LogP contribution is 2.36. The lowest BCUT2D eigenvalue weighted by molar-refractivity contribution is -0.126. The molecule has 1 unspecified atom stereocenters. The van der Waals surface area contributed by atoms with Gasteiger partial charge in [-0.1, -0.05) is 24.3 Å². The first-order valence-corrected chi connectivity index (χ1v) is 12.5. The van der Waals surface area contributed by atoms with E-state index in [1.807, 2.05) is 36.4 Å². The average Bonchev–Trinajstić information content (AvgIpc) is 2.93. The number of benzene rings is 2. The van der Waals surface area contributed by atoms with Gasteiger partial charge in [0.1, 0.15) is 0 Å². The number of carbonyl (C=O) groups excluding carboxylic acids is 2. The molecule has 0 radical (unpaired) electrons.